The van der Waals surface area contributed by atoms with Crippen LogP contribution in [0, 0.1) is 0 Å². The molecule has 3 aromatic carbocycles. The van der Waals surface area contributed by atoms with Crippen molar-refractivity contribution in [1.82, 2.24) is 0 Å². The van der Waals surface area contributed by atoms with Crippen molar-refractivity contribution in [3.8, 4) is 17.2 Å². The van der Waals surface area contributed by atoms with Gasteiger partial charge in [-0.3, -0.25) is 4.79 Å². The zero-order valence-electron chi connectivity index (χ0n) is 18.7. The van der Waals surface area contributed by atoms with Gasteiger partial charge in [0.05, 0.1) is 17.3 Å². The van der Waals surface area contributed by atoms with E-state index in [2.05, 4.69) is 0 Å². The third-order valence-electron chi connectivity index (χ3n) is 6.65. The molecule has 0 unspecified atom stereocenters. The highest BCUT2D eigenvalue weighted by Crippen LogP contribution is 2.67. The average Bonchev–Trinajstić information content (AvgIpc) is 3.27. The molecular weight excluding hydrogens is 511 g/mol. The second-order valence-electron chi connectivity index (χ2n) is 8.52. The van der Waals surface area contributed by atoms with Gasteiger partial charge in [-0.05, 0) is 23.3 Å². The normalized spacial score (nSPS) is 24.6. The Bertz CT molecular complexity index is 1230. The van der Waals surface area contributed by atoms with E-state index in [1.165, 1.54) is 0 Å². The summed E-state index contributed by atoms with van der Waals surface area (Å²) in [6.45, 7) is 0.445. The van der Waals surface area contributed by atoms with E-state index < -0.39 is 17.1 Å². The third kappa shape index (κ3) is 3.77. The number of hydrogen-bond donors (Lipinski definition) is 1. The number of Topliss-reactive ketones (excluding diaryl/α,β-unsaturated/α-hetero) is 1. The molecule has 0 spiro atoms. The number of carbonyl (C=O) groups is 1. The Balaban J connectivity index is 1.76. The zero-order valence-corrected chi connectivity index (χ0v) is 20.9. The van der Waals surface area contributed by atoms with Crippen molar-refractivity contribution in [3.05, 3.63) is 88.4 Å². The molecule has 1 saturated carbocycles. The Kier molecular flexibility index (Phi) is 6.62. The van der Waals surface area contributed by atoms with Crippen LogP contribution < -0.4 is 14.2 Å². The van der Waals surface area contributed by atoms with Crippen molar-refractivity contribution in [2.75, 3.05) is 25.0 Å². The minimum atomic E-state index is -2.01. The van der Waals surface area contributed by atoms with E-state index in [1.54, 1.807) is 36.4 Å². The molecule has 0 saturated heterocycles. The molecular formula is C27H23Cl3O5. The Hall–Kier alpha value is -2.44. The minimum absolute atomic E-state index is 0.0853. The quantitative estimate of drug-likeness (QED) is 0.370. The lowest BCUT2D eigenvalue weighted by Gasteiger charge is -2.39. The van der Waals surface area contributed by atoms with Crippen molar-refractivity contribution in [3.63, 3.8) is 0 Å². The molecule has 1 aliphatic heterocycles. The molecule has 5 nitrogen and oxygen atoms in total. The van der Waals surface area contributed by atoms with Crippen LogP contribution in [0.3, 0.4) is 0 Å². The van der Waals surface area contributed by atoms with E-state index in [-0.39, 0.29) is 42.6 Å². The summed E-state index contributed by atoms with van der Waals surface area (Å²) in [6.07, 6.45) is 0.0853. The van der Waals surface area contributed by atoms with Gasteiger partial charge in [-0.1, -0.05) is 54.1 Å². The number of alkyl halides is 2. The molecule has 0 radical (unpaired) electrons. The molecule has 1 N–H and O–H groups in total. The number of ether oxygens (including phenoxy) is 3. The molecule has 1 fully saturated rings. The average molecular weight is 534 g/mol. The molecule has 3 aromatic rings. The van der Waals surface area contributed by atoms with E-state index >= 15 is 0 Å². The lowest BCUT2D eigenvalue weighted by molar-refractivity contribution is -0.151. The molecule has 3 atom stereocenters. The Morgan fingerprint density at radius 3 is 2.34 bits per heavy atom. The third-order valence-corrected chi connectivity index (χ3v) is 7.21. The maximum absolute atomic E-state index is 13.8. The predicted molar refractivity (Wildman–Crippen MR) is 135 cm³/mol. The van der Waals surface area contributed by atoms with Crippen molar-refractivity contribution in [1.29, 1.82) is 0 Å². The van der Waals surface area contributed by atoms with Gasteiger partial charge >= 0.3 is 0 Å². The molecule has 1 heterocycles. The number of aliphatic hydroxyl groups is 1. The van der Waals surface area contributed by atoms with Crippen LogP contribution in [-0.4, -0.2) is 35.9 Å². The molecule has 8 heteroatoms. The fourth-order valence-electron chi connectivity index (χ4n) is 5.29. The number of hydrogen-bond acceptors (Lipinski definition) is 5. The van der Waals surface area contributed by atoms with Gasteiger partial charge in [0.2, 0.25) is 0 Å². The highest BCUT2D eigenvalue weighted by atomic mass is 35.5. The summed E-state index contributed by atoms with van der Waals surface area (Å²) in [7, 11) is 0. The summed E-state index contributed by atoms with van der Waals surface area (Å²) in [4.78, 5) is 13.8. The first-order valence-corrected chi connectivity index (χ1v) is 12.7. The summed E-state index contributed by atoms with van der Waals surface area (Å²) in [5.41, 5.74) is -1.67. The smallest absolute Gasteiger partial charge is 0.200 e. The molecule has 182 valence electrons. The van der Waals surface area contributed by atoms with Gasteiger partial charge in [-0.2, -0.15) is 0 Å². The van der Waals surface area contributed by atoms with Gasteiger partial charge < -0.3 is 19.3 Å². The standard InChI is InChI=1S/C27H23Cl3O5/c28-10-12-33-20-14-22(34-13-11-29)25-23(15-20)35-27(18-6-8-19(30)9-7-18)21(16-24(31)26(25,27)32)17-4-2-1-3-5-17/h1-9,14-15,21,32H,10-13,16H2/t21-,26+,27-/m0/s1. The van der Waals surface area contributed by atoms with Gasteiger partial charge in [0.25, 0.3) is 0 Å². The molecule has 0 amide bonds. The van der Waals surface area contributed by atoms with Crippen LogP contribution in [0.25, 0.3) is 0 Å². The second kappa shape index (κ2) is 9.55. The van der Waals surface area contributed by atoms with Crippen molar-refractivity contribution < 1.29 is 24.1 Å². The van der Waals surface area contributed by atoms with E-state index in [0.29, 0.717) is 28.0 Å². The zero-order chi connectivity index (χ0) is 24.6. The number of carbonyl (C=O) groups excluding carboxylic acids is 1. The van der Waals surface area contributed by atoms with Crippen LogP contribution in [-0.2, 0) is 16.0 Å². The SMILES string of the molecule is O=C1C[C@@H](c2ccccc2)[C@]2(c3ccc(Cl)cc3)Oc3cc(OCCCl)cc(OCCCl)c3[C@]12O. The number of benzene rings is 3. The van der Waals surface area contributed by atoms with Gasteiger partial charge in [-0.15, -0.1) is 23.2 Å². The van der Waals surface area contributed by atoms with Crippen molar-refractivity contribution >= 4 is 40.6 Å². The van der Waals surface area contributed by atoms with Crippen LogP contribution in [0.5, 0.6) is 17.2 Å². The molecule has 5 rings (SSSR count). The van der Waals surface area contributed by atoms with E-state index in [1.807, 2.05) is 30.3 Å². The number of rotatable bonds is 8. The molecule has 0 bridgehead atoms. The largest absolute Gasteiger partial charge is 0.492 e. The Morgan fingerprint density at radius 2 is 1.66 bits per heavy atom. The fourth-order valence-corrected chi connectivity index (χ4v) is 5.57. The summed E-state index contributed by atoms with van der Waals surface area (Å²) in [5.74, 6) is 0.744. The first-order valence-electron chi connectivity index (χ1n) is 11.3. The van der Waals surface area contributed by atoms with E-state index in [4.69, 9.17) is 49.0 Å². The molecule has 1 aliphatic carbocycles. The topological polar surface area (TPSA) is 65.0 Å². The molecule has 2 aliphatic rings. The van der Waals surface area contributed by atoms with Crippen LogP contribution in [0.2, 0.25) is 5.02 Å². The highest BCUT2D eigenvalue weighted by Gasteiger charge is 2.74. The minimum Gasteiger partial charge on any atom is -0.492 e. The van der Waals surface area contributed by atoms with E-state index in [0.717, 1.165) is 5.56 Å². The first kappa shape index (κ1) is 24.3. The van der Waals surface area contributed by atoms with Gasteiger partial charge in [0, 0.05) is 29.5 Å². The fraction of sp³-hybridized carbons (Fsp3) is 0.296. The van der Waals surface area contributed by atoms with Crippen LogP contribution in [0.1, 0.15) is 29.0 Å². The lowest BCUT2D eigenvalue weighted by atomic mass is 9.71. The number of ketones is 1. The predicted octanol–water partition coefficient (Wildman–Crippen LogP) is 5.81. The Morgan fingerprint density at radius 1 is 0.971 bits per heavy atom. The number of fused-ring (bicyclic) bond motifs is 3. The second-order valence-corrected chi connectivity index (χ2v) is 9.71. The monoisotopic (exact) mass is 532 g/mol. The van der Waals surface area contributed by atoms with E-state index in [9.17, 15) is 9.90 Å². The van der Waals surface area contributed by atoms with Crippen molar-refractivity contribution in [2.45, 2.75) is 23.5 Å². The maximum atomic E-state index is 13.8. The van der Waals surface area contributed by atoms with Gasteiger partial charge in [0.1, 0.15) is 30.5 Å². The molecule has 0 aromatic heterocycles. The summed E-state index contributed by atoms with van der Waals surface area (Å²) < 4.78 is 18.3. The maximum Gasteiger partial charge on any atom is 0.200 e. The van der Waals surface area contributed by atoms with Crippen molar-refractivity contribution in [2.24, 2.45) is 0 Å². The number of halogens is 3. The summed E-state index contributed by atoms with van der Waals surface area (Å²) in [5, 5.41) is 13.0. The summed E-state index contributed by atoms with van der Waals surface area (Å²) >= 11 is 17.9. The Labute approximate surface area is 218 Å². The van der Waals surface area contributed by atoms with Gasteiger partial charge in [-0.25, -0.2) is 0 Å². The summed E-state index contributed by atoms with van der Waals surface area (Å²) in [6, 6.07) is 19.9. The van der Waals surface area contributed by atoms with Gasteiger partial charge in [0.15, 0.2) is 17.0 Å². The van der Waals surface area contributed by atoms with Crippen LogP contribution in [0.4, 0.5) is 0 Å². The molecule has 35 heavy (non-hydrogen) atoms. The van der Waals surface area contributed by atoms with Crippen LogP contribution in [0.15, 0.2) is 66.7 Å². The highest BCUT2D eigenvalue weighted by molar-refractivity contribution is 6.30. The lowest BCUT2D eigenvalue weighted by Crippen LogP contribution is -2.50. The first-order chi connectivity index (χ1) is 17.0. The van der Waals surface area contributed by atoms with Crippen LogP contribution >= 0.6 is 34.8 Å².